The molecule has 0 fully saturated rings. The van der Waals surface area contributed by atoms with Crippen molar-refractivity contribution in [3.05, 3.63) is 25.7 Å². The fraction of sp³-hybridized carbons (Fsp3) is 0.500. The highest BCUT2D eigenvalue weighted by atomic mass is 16.6. The average molecular weight is 258 g/mol. The Hall–Kier alpha value is -1.98. The first-order chi connectivity index (χ1) is 8.62. The summed E-state index contributed by atoms with van der Waals surface area (Å²) in [5, 5.41) is 0. The summed E-state index contributed by atoms with van der Waals surface area (Å²) >= 11 is 0. The van der Waals surface area contributed by atoms with E-state index in [2.05, 4.69) is 13.2 Å². The molecule has 2 unspecified atom stereocenters. The first kappa shape index (κ1) is 16.0. The van der Waals surface area contributed by atoms with Gasteiger partial charge in [-0.2, -0.15) is 0 Å². The summed E-state index contributed by atoms with van der Waals surface area (Å²) < 4.78 is 19.5. The topological polar surface area (TPSA) is 71.1 Å². The van der Waals surface area contributed by atoms with Crippen molar-refractivity contribution in [2.75, 3.05) is 13.2 Å². The van der Waals surface area contributed by atoms with E-state index in [4.69, 9.17) is 18.9 Å². The van der Waals surface area contributed by atoms with Gasteiger partial charge in [0.05, 0.1) is 25.7 Å². The first-order valence-electron chi connectivity index (χ1n) is 5.48. The third kappa shape index (κ3) is 4.90. The van der Waals surface area contributed by atoms with Crippen molar-refractivity contribution in [3.63, 3.8) is 0 Å². The van der Waals surface area contributed by atoms with Crippen LogP contribution < -0.4 is 0 Å². The van der Waals surface area contributed by atoms with E-state index in [0.29, 0.717) is 0 Å². The van der Waals surface area contributed by atoms with Gasteiger partial charge in [0.1, 0.15) is 0 Å². The molecule has 0 aromatic carbocycles. The number of hydrogen-bond acceptors (Lipinski definition) is 6. The van der Waals surface area contributed by atoms with E-state index in [1.807, 2.05) is 0 Å². The Bertz CT molecular complexity index is 269. The lowest BCUT2D eigenvalue weighted by molar-refractivity contribution is -0.173. The molecule has 2 atom stereocenters. The zero-order chi connectivity index (χ0) is 14.0. The van der Waals surface area contributed by atoms with Crippen LogP contribution in [0.5, 0.6) is 0 Å². The van der Waals surface area contributed by atoms with E-state index in [9.17, 15) is 9.59 Å². The highest BCUT2D eigenvalue weighted by Crippen LogP contribution is 2.10. The van der Waals surface area contributed by atoms with Crippen LogP contribution in [0.4, 0.5) is 0 Å². The first-order valence-corrected chi connectivity index (χ1v) is 5.48. The van der Waals surface area contributed by atoms with Crippen LogP contribution in [-0.4, -0.2) is 37.4 Å². The van der Waals surface area contributed by atoms with Gasteiger partial charge in [0.25, 0.3) is 0 Å². The molecule has 0 radical (unpaired) electrons. The molecule has 0 saturated heterocycles. The van der Waals surface area contributed by atoms with Gasteiger partial charge in [-0.25, -0.2) is 9.59 Å². The van der Waals surface area contributed by atoms with Crippen molar-refractivity contribution in [2.45, 2.75) is 26.1 Å². The summed E-state index contributed by atoms with van der Waals surface area (Å²) in [5.74, 6) is -1.48. The lowest BCUT2D eigenvalue weighted by Crippen LogP contribution is -2.44. The maximum atomic E-state index is 11.6. The van der Waals surface area contributed by atoms with Crippen molar-refractivity contribution in [1.82, 2.24) is 0 Å². The molecule has 6 nitrogen and oxygen atoms in total. The van der Waals surface area contributed by atoms with Crippen LogP contribution in [0, 0.1) is 0 Å². The van der Waals surface area contributed by atoms with E-state index in [1.54, 1.807) is 13.8 Å². The largest absolute Gasteiger partial charge is 0.482 e. The summed E-state index contributed by atoms with van der Waals surface area (Å²) in [5.41, 5.74) is 0. The zero-order valence-electron chi connectivity index (χ0n) is 10.6. The van der Waals surface area contributed by atoms with Crippen LogP contribution in [0.25, 0.3) is 0 Å². The molecule has 6 heteroatoms. The van der Waals surface area contributed by atoms with E-state index in [0.717, 1.165) is 12.5 Å². The van der Waals surface area contributed by atoms with Gasteiger partial charge in [-0.1, -0.05) is 13.2 Å². The highest BCUT2D eigenvalue weighted by molar-refractivity contribution is 5.85. The average Bonchev–Trinajstić information content (AvgIpc) is 2.34. The SMILES string of the molecule is C=COC(C(=O)OCC)C(OC=C)C(=O)OCC. The van der Waals surface area contributed by atoms with Gasteiger partial charge in [-0.3, -0.25) is 0 Å². The maximum absolute atomic E-state index is 11.6. The predicted molar refractivity (Wildman–Crippen MR) is 63.4 cm³/mol. The fourth-order valence-corrected chi connectivity index (χ4v) is 1.16. The summed E-state index contributed by atoms with van der Waals surface area (Å²) in [6.07, 6.45) is -0.500. The second-order valence-electron chi connectivity index (χ2n) is 2.95. The normalized spacial score (nSPS) is 12.8. The molecule has 0 aromatic heterocycles. The Morgan fingerprint density at radius 3 is 1.50 bits per heavy atom. The van der Waals surface area contributed by atoms with Gasteiger partial charge in [0, 0.05) is 0 Å². The summed E-state index contributed by atoms with van der Waals surface area (Å²) in [7, 11) is 0. The number of carbonyl (C=O) groups is 2. The lowest BCUT2D eigenvalue weighted by atomic mass is 10.2. The summed E-state index contributed by atoms with van der Waals surface area (Å²) in [6.45, 7) is 10.2. The van der Waals surface area contributed by atoms with Crippen molar-refractivity contribution in [1.29, 1.82) is 0 Å². The molecule has 0 rings (SSSR count). The van der Waals surface area contributed by atoms with Gasteiger partial charge in [0.15, 0.2) is 0 Å². The molecular weight excluding hydrogens is 240 g/mol. The number of rotatable bonds is 9. The van der Waals surface area contributed by atoms with Crippen LogP contribution in [0.2, 0.25) is 0 Å². The van der Waals surface area contributed by atoms with E-state index >= 15 is 0 Å². The molecule has 18 heavy (non-hydrogen) atoms. The standard InChI is InChI=1S/C12H18O6/c1-5-15-9(11(13)17-7-3)10(16-6-2)12(14)18-8-4/h5-6,9-10H,1-2,7-8H2,3-4H3. The minimum absolute atomic E-state index is 0.152. The Morgan fingerprint density at radius 2 is 1.28 bits per heavy atom. The van der Waals surface area contributed by atoms with E-state index in [1.165, 1.54) is 0 Å². The number of ether oxygens (including phenoxy) is 4. The Morgan fingerprint density at radius 1 is 0.944 bits per heavy atom. The molecule has 0 aliphatic rings. The second-order valence-corrected chi connectivity index (χ2v) is 2.95. The van der Waals surface area contributed by atoms with Crippen LogP contribution in [0.15, 0.2) is 25.7 Å². The van der Waals surface area contributed by atoms with Crippen LogP contribution >= 0.6 is 0 Å². The molecule has 0 aliphatic carbocycles. The summed E-state index contributed by atoms with van der Waals surface area (Å²) in [6, 6.07) is 0. The predicted octanol–water partition coefficient (Wildman–Crippen LogP) is 1.17. The molecule has 0 aromatic rings. The number of hydrogen-bond donors (Lipinski definition) is 0. The van der Waals surface area contributed by atoms with Crippen molar-refractivity contribution in [2.24, 2.45) is 0 Å². The van der Waals surface area contributed by atoms with Crippen LogP contribution in [0.3, 0.4) is 0 Å². The molecule has 102 valence electrons. The third-order valence-electron chi connectivity index (χ3n) is 1.80. The van der Waals surface area contributed by atoms with E-state index in [-0.39, 0.29) is 13.2 Å². The van der Waals surface area contributed by atoms with Crippen LogP contribution in [-0.2, 0) is 28.5 Å². The molecular formula is C12H18O6. The third-order valence-corrected chi connectivity index (χ3v) is 1.80. The number of esters is 2. The fourth-order valence-electron chi connectivity index (χ4n) is 1.16. The quantitative estimate of drug-likeness (QED) is 0.456. The molecule has 0 saturated carbocycles. The Balaban J connectivity index is 4.95. The molecule has 0 bridgehead atoms. The smallest absolute Gasteiger partial charge is 0.351 e. The van der Waals surface area contributed by atoms with Gasteiger partial charge >= 0.3 is 11.9 Å². The maximum Gasteiger partial charge on any atom is 0.351 e. The van der Waals surface area contributed by atoms with Crippen LogP contribution in [0.1, 0.15) is 13.8 Å². The molecule has 0 heterocycles. The van der Waals surface area contributed by atoms with Gasteiger partial charge in [0.2, 0.25) is 12.2 Å². The van der Waals surface area contributed by atoms with Crippen molar-refractivity contribution in [3.8, 4) is 0 Å². The van der Waals surface area contributed by atoms with Gasteiger partial charge in [-0.15, -0.1) is 0 Å². The molecule has 0 aliphatic heterocycles. The second kappa shape index (κ2) is 9.09. The van der Waals surface area contributed by atoms with Crippen molar-refractivity contribution < 1.29 is 28.5 Å². The van der Waals surface area contributed by atoms with Crippen molar-refractivity contribution >= 4 is 11.9 Å². The minimum Gasteiger partial charge on any atom is -0.482 e. The monoisotopic (exact) mass is 258 g/mol. The number of carbonyl (C=O) groups excluding carboxylic acids is 2. The van der Waals surface area contributed by atoms with Gasteiger partial charge < -0.3 is 18.9 Å². The minimum atomic E-state index is -1.28. The van der Waals surface area contributed by atoms with Gasteiger partial charge in [-0.05, 0) is 13.8 Å². The van der Waals surface area contributed by atoms with E-state index < -0.39 is 24.1 Å². The Kier molecular flexibility index (Phi) is 8.09. The molecule has 0 N–H and O–H groups in total. The molecule has 0 spiro atoms. The molecule has 0 amide bonds. The Labute approximate surface area is 106 Å². The lowest BCUT2D eigenvalue weighted by Gasteiger charge is -2.22. The zero-order valence-corrected chi connectivity index (χ0v) is 10.6. The highest BCUT2D eigenvalue weighted by Gasteiger charge is 2.38. The summed E-state index contributed by atoms with van der Waals surface area (Å²) in [4.78, 5) is 23.3.